The van der Waals surface area contributed by atoms with Gasteiger partial charge in [-0.05, 0) is 25.4 Å². The van der Waals surface area contributed by atoms with Gasteiger partial charge in [0.1, 0.15) is 0 Å². The van der Waals surface area contributed by atoms with Gasteiger partial charge in [0.2, 0.25) is 0 Å². The highest BCUT2D eigenvalue weighted by Crippen LogP contribution is 2.16. The summed E-state index contributed by atoms with van der Waals surface area (Å²) in [6.07, 6.45) is 1.25. The maximum absolute atomic E-state index is 3.12. The molecule has 0 rings (SSSR count). The first-order valence-electron chi connectivity index (χ1n) is 5.21. The lowest BCUT2D eigenvalue weighted by atomic mass is 9.92. The minimum atomic E-state index is 0.489. The molecular weight excluding hydrogens is 146 g/mol. The van der Waals surface area contributed by atoms with Gasteiger partial charge in [-0.1, -0.05) is 48.5 Å². The zero-order chi connectivity index (χ0) is 10.6. The van der Waals surface area contributed by atoms with Crippen LogP contribution < -0.4 is 5.32 Å². The van der Waals surface area contributed by atoms with Crippen molar-refractivity contribution in [3.8, 4) is 0 Å². The van der Waals surface area contributed by atoms with Crippen molar-refractivity contribution in [2.75, 3.05) is 13.6 Å². The van der Waals surface area contributed by atoms with Gasteiger partial charge in [-0.2, -0.15) is 0 Å². The van der Waals surface area contributed by atoms with E-state index in [1.807, 2.05) is 34.7 Å². The molecule has 78 valence electrons. The Kier molecular flexibility index (Phi) is 20.2. The highest BCUT2D eigenvalue weighted by atomic mass is 14.8. The van der Waals surface area contributed by atoms with Crippen LogP contribution in [0.25, 0.3) is 0 Å². The molecule has 0 aromatic rings. The predicted octanol–water partition coefficient (Wildman–Crippen LogP) is 3.69. The Morgan fingerprint density at radius 3 is 1.33 bits per heavy atom. The van der Waals surface area contributed by atoms with Crippen molar-refractivity contribution in [3.63, 3.8) is 0 Å². The molecule has 0 fully saturated rings. The Hall–Kier alpha value is -0.0400. The van der Waals surface area contributed by atoms with Gasteiger partial charge in [-0.15, -0.1) is 0 Å². The van der Waals surface area contributed by atoms with Crippen molar-refractivity contribution in [3.05, 3.63) is 0 Å². The van der Waals surface area contributed by atoms with Crippen LogP contribution in [0, 0.1) is 5.41 Å². The summed E-state index contributed by atoms with van der Waals surface area (Å²) in [6.45, 7) is 15.9. The van der Waals surface area contributed by atoms with E-state index in [-0.39, 0.29) is 0 Å². The van der Waals surface area contributed by atoms with Crippen LogP contribution >= 0.6 is 0 Å². The lowest BCUT2D eigenvalue weighted by molar-refractivity contribution is 0.373. The van der Waals surface area contributed by atoms with Crippen molar-refractivity contribution < 1.29 is 0 Å². The molecule has 0 radical (unpaired) electrons. The van der Waals surface area contributed by atoms with Gasteiger partial charge in [0.05, 0.1) is 0 Å². The SMILES string of the molecule is CC.CC.CNCCC(C)(C)C. The number of rotatable bonds is 2. The van der Waals surface area contributed by atoms with Crippen LogP contribution in [0.3, 0.4) is 0 Å². The minimum Gasteiger partial charge on any atom is -0.320 e. The fourth-order valence-corrected chi connectivity index (χ4v) is 0.500. The van der Waals surface area contributed by atoms with E-state index in [2.05, 4.69) is 26.1 Å². The van der Waals surface area contributed by atoms with Crippen LogP contribution in [0.5, 0.6) is 0 Å². The summed E-state index contributed by atoms with van der Waals surface area (Å²) in [4.78, 5) is 0. The summed E-state index contributed by atoms with van der Waals surface area (Å²) in [7, 11) is 1.99. The van der Waals surface area contributed by atoms with Crippen LogP contribution in [0.15, 0.2) is 0 Å². The summed E-state index contributed by atoms with van der Waals surface area (Å²) in [5.74, 6) is 0. The molecule has 0 saturated heterocycles. The number of nitrogens with one attached hydrogen (secondary N) is 1. The maximum atomic E-state index is 3.12. The molecule has 1 nitrogen and oxygen atoms in total. The third kappa shape index (κ3) is 32.5. The normalized spacial score (nSPS) is 9.00. The van der Waals surface area contributed by atoms with Crippen molar-refractivity contribution in [2.24, 2.45) is 5.41 Å². The molecule has 1 heteroatoms. The Bertz CT molecular complexity index is 52.5. The van der Waals surface area contributed by atoms with Crippen molar-refractivity contribution in [1.29, 1.82) is 0 Å². The first-order valence-corrected chi connectivity index (χ1v) is 5.21. The quantitative estimate of drug-likeness (QED) is 0.675. The van der Waals surface area contributed by atoms with E-state index in [4.69, 9.17) is 0 Å². The van der Waals surface area contributed by atoms with Gasteiger partial charge in [0.15, 0.2) is 0 Å². The summed E-state index contributed by atoms with van der Waals surface area (Å²) in [5, 5.41) is 3.12. The van der Waals surface area contributed by atoms with Crippen LogP contribution in [0.2, 0.25) is 0 Å². The van der Waals surface area contributed by atoms with E-state index in [0.29, 0.717) is 5.41 Å². The minimum absolute atomic E-state index is 0.489. The van der Waals surface area contributed by atoms with Crippen LogP contribution in [0.4, 0.5) is 0 Å². The van der Waals surface area contributed by atoms with Crippen LogP contribution in [-0.2, 0) is 0 Å². The Balaban J connectivity index is -0.000000175. The molecule has 0 aromatic heterocycles. The summed E-state index contributed by atoms with van der Waals surface area (Å²) >= 11 is 0. The van der Waals surface area contributed by atoms with Gasteiger partial charge in [-0.25, -0.2) is 0 Å². The first kappa shape index (κ1) is 17.9. The van der Waals surface area contributed by atoms with E-state index in [9.17, 15) is 0 Å². The third-order valence-electron chi connectivity index (χ3n) is 1.12. The monoisotopic (exact) mass is 175 g/mol. The predicted molar refractivity (Wildman–Crippen MR) is 60.7 cm³/mol. The first-order chi connectivity index (χ1) is 5.56. The van der Waals surface area contributed by atoms with E-state index in [1.54, 1.807) is 0 Å². The molecule has 0 aromatic carbocycles. The van der Waals surface area contributed by atoms with Crippen molar-refractivity contribution in [2.45, 2.75) is 54.9 Å². The second-order valence-electron chi connectivity index (χ2n) is 3.41. The third-order valence-corrected chi connectivity index (χ3v) is 1.12. The fourth-order valence-electron chi connectivity index (χ4n) is 0.500. The van der Waals surface area contributed by atoms with Gasteiger partial charge < -0.3 is 5.32 Å². The van der Waals surface area contributed by atoms with Crippen LogP contribution in [0.1, 0.15) is 54.9 Å². The second kappa shape index (κ2) is 13.5. The van der Waals surface area contributed by atoms with Gasteiger partial charge >= 0.3 is 0 Å². The van der Waals surface area contributed by atoms with E-state index < -0.39 is 0 Å². The molecule has 0 aliphatic carbocycles. The van der Waals surface area contributed by atoms with E-state index >= 15 is 0 Å². The second-order valence-corrected chi connectivity index (χ2v) is 3.41. The Morgan fingerprint density at radius 1 is 0.917 bits per heavy atom. The fraction of sp³-hybridized carbons (Fsp3) is 1.00. The molecule has 0 bridgehead atoms. The molecule has 0 aliphatic rings. The van der Waals surface area contributed by atoms with E-state index in [0.717, 1.165) is 6.54 Å². The maximum Gasteiger partial charge on any atom is -0.00469 e. The highest BCUT2D eigenvalue weighted by Gasteiger charge is 2.07. The van der Waals surface area contributed by atoms with Crippen LogP contribution in [-0.4, -0.2) is 13.6 Å². The standard InChI is InChI=1S/C7H17N.2C2H6/c1-7(2,3)5-6-8-4;2*1-2/h8H,5-6H2,1-4H3;2*1-2H3. The lowest BCUT2D eigenvalue weighted by Gasteiger charge is -2.16. The topological polar surface area (TPSA) is 12.0 Å². The molecule has 0 atom stereocenters. The molecule has 0 unspecified atom stereocenters. The van der Waals surface area contributed by atoms with Crippen molar-refractivity contribution >= 4 is 0 Å². The van der Waals surface area contributed by atoms with Gasteiger partial charge in [0.25, 0.3) is 0 Å². The summed E-state index contributed by atoms with van der Waals surface area (Å²) in [6, 6.07) is 0. The van der Waals surface area contributed by atoms with Gasteiger partial charge in [0, 0.05) is 0 Å². The smallest absolute Gasteiger partial charge is 0.00469 e. The zero-order valence-electron chi connectivity index (χ0n) is 10.4. The molecular formula is C11H29N. The van der Waals surface area contributed by atoms with E-state index in [1.165, 1.54) is 6.42 Å². The summed E-state index contributed by atoms with van der Waals surface area (Å²) < 4.78 is 0. The zero-order valence-corrected chi connectivity index (χ0v) is 10.4. The Morgan fingerprint density at radius 2 is 1.25 bits per heavy atom. The number of hydrogen-bond donors (Lipinski definition) is 1. The molecule has 0 saturated carbocycles. The van der Waals surface area contributed by atoms with Gasteiger partial charge in [-0.3, -0.25) is 0 Å². The largest absolute Gasteiger partial charge is 0.320 e. The average Bonchev–Trinajstić information content (AvgIpc) is 2.07. The van der Waals surface area contributed by atoms with Crippen molar-refractivity contribution in [1.82, 2.24) is 5.32 Å². The number of hydrogen-bond acceptors (Lipinski definition) is 1. The highest BCUT2D eigenvalue weighted by molar-refractivity contribution is 4.61. The average molecular weight is 175 g/mol. The molecule has 1 N–H and O–H groups in total. The Labute approximate surface area is 80.0 Å². The molecule has 12 heavy (non-hydrogen) atoms. The molecule has 0 heterocycles. The lowest BCUT2D eigenvalue weighted by Crippen LogP contribution is -2.16. The molecule has 0 amide bonds. The summed E-state index contributed by atoms with van der Waals surface area (Å²) in [5.41, 5.74) is 0.489. The molecule has 0 spiro atoms. The molecule has 0 aliphatic heterocycles.